The van der Waals surface area contributed by atoms with Gasteiger partial charge in [-0.25, -0.2) is 4.79 Å². The third-order valence-corrected chi connectivity index (χ3v) is 5.83. The van der Waals surface area contributed by atoms with Crippen molar-refractivity contribution >= 4 is 38.8 Å². The van der Waals surface area contributed by atoms with Gasteiger partial charge < -0.3 is 19.8 Å². The normalized spacial score (nSPS) is 16.4. The molecule has 4 rings (SSSR count). The number of hydrogen-bond acceptors (Lipinski definition) is 4. The Morgan fingerprint density at radius 3 is 2.55 bits per heavy atom. The highest BCUT2D eigenvalue weighted by molar-refractivity contribution is 9.10. The van der Waals surface area contributed by atoms with Crippen molar-refractivity contribution in [3.63, 3.8) is 0 Å². The average Bonchev–Trinajstić information content (AvgIpc) is 3.25. The Kier molecular flexibility index (Phi) is 5.19. The summed E-state index contributed by atoms with van der Waals surface area (Å²) in [5.74, 6) is 0.854. The van der Waals surface area contributed by atoms with Crippen LogP contribution in [0.5, 0.6) is 11.5 Å². The molecule has 1 aliphatic heterocycles. The molecule has 3 amide bonds. The number of nitrogens with one attached hydrogen (secondary N) is 2. The van der Waals surface area contributed by atoms with E-state index in [2.05, 4.69) is 26.2 Å². The molecule has 1 saturated heterocycles. The van der Waals surface area contributed by atoms with Crippen LogP contribution in [0.15, 0.2) is 47.1 Å². The summed E-state index contributed by atoms with van der Waals surface area (Å²) >= 11 is 3.48. The molecule has 3 aromatic rings. The maximum atomic E-state index is 12.9. The minimum atomic E-state index is -0.597. The van der Waals surface area contributed by atoms with E-state index in [9.17, 15) is 9.59 Å². The topological polar surface area (TPSA) is 83.7 Å². The second-order valence-corrected chi connectivity index (χ2v) is 7.64. The van der Waals surface area contributed by atoms with Gasteiger partial charge in [0.15, 0.2) is 11.5 Å². The van der Waals surface area contributed by atoms with E-state index in [1.54, 1.807) is 26.4 Å². The van der Waals surface area contributed by atoms with Gasteiger partial charge in [0.1, 0.15) is 6.04 Å². The van der Waals surface area contributed by atoms with E-state index >= 15 is 0 Å². The first-order valence-corrected chi connectivity index (χ1v) is 9.88. The number of imide groups is 1. The zero-order valence-electron chi connectivity index (χ0n) is 16.0. The molecule has 2 heterocycles. The first-order valence-electron chi connectivity index (χ1n) is 9.09. The molecule has 29 heavy (non-hydrogen) atoms. The van der Waals surface area contributed by atoms with Gasteiger partial charge in [0.05, 0.1) is 20.8 Å². The summed E-state index contributed by atoms with van der Waals surface area (Å²) in [6.45, 7) is 0.135. The van der Waals surface area contributed by atoms with Gasteiger partial charge in [-0.3, -0.25) is 9.69 Å². The van der Waals surface area contributed by atoms with Gasteiger partial charge in [-0.2, -0.15) is 0 Å². The number of rotatable bonds is 6. The summed E-state index contributed by atoms with van der Waals surface area (Å²) in [5, 5.41) is 3.85. The summed E-state index contributed by atoms with van der Waals surface area (Å²) in [5.41, 5.74) is 2.75. The van der Waals surface area contributed by atoms with E-state index < -0.39 is 12.1 Å². The molecule has 150 valence electrons. The van der Waals surface area contributed by atoms with Gasteiger partial charge in [0.25, 0.3) is 5.91 Å². The quantitative estimate of drug-likeness (QED) is 0.553. The number of fused-ring (bicyclic) bond motifs is 1. The number of hydrogen-bond donors (Lipinski definition) is 2. The van der Waals surface area contributed by atoms with Crippen LogP contribution in [0.25, 0.3) is 10.9 Å². The fourth-order valence-corrected chi connectivity index (χ4v) is 4.02. The van der Waals surface area contributed by atoms with E-state index in [1.807, 2.05) is 30.5 Å². The molecule has 1 unspecified atom stereocenters. The van der Waals surface area contributed by atoms with E-state index in [1.165, 1.54) is 4.90 Å². The summed E-state index contributed by atoms with van der Waals surface area (Å²) < 4.78 is 11.3. The Balaban J connectivity index is 1.54. The molecule has 7 nitrogen and oxygen atoms in total. The van der Waals surface area contributed by atoms with E-state index in [-0.39, 0.29) is 12.5 Å². The number of para-hydroxylation sites is 1. The molecule has 0 radical (unpaired) electrons. The van der Waals surface area contributed by atoms with Crippen molar-refractivity contribution in [2.24, 2.45) is 0 Å². The Hall–Kier alpha value is -3.00. The zero-order valence-corrected chi connectivity index (χ0v) is 17.6. The Labute approximate surface area is 176 Å². The summed E-state index contributed by atoms with van der Waals surface area (Å²) in [6.07, 6.45) is 2.32. The van der Waals surface area contributed by atoms with Gasteiger partial charge in [-0.15, -0.1) is 0 Å². The first-order chi connectivity index (χ1) is 14.0. The van der Waals surface area contributed by atoms with Gasteiger partial charge in [-0.1, -0.05) is 34.1 Å². The molecule has 0 spiro atoms. The Morgan fingerprint density at radius 1 is 1.07 bits per heavy atom. The molecule has 2 N–H and O–H groups in total. The smallest absolute Gasteiger partial charge is 0.325 e. The number of ether oxygens (including phenoxy) is 2. The maximum Gasteiger partial charge on any atom is 0.325 e. The average molecular weight is 458 g/mol. The van der Waals surface area contributed by atoms with E-state index in [0.717, 1.165) is 26.5 Å². The predicted molar refractivity (Wildman–Crippen MR) is 112 cm³/mol. The number of urea groups is 1. The molecule has 2 aromatic carbocycles. The molecular weight excluding hydrogens is 438 g/mol. The second kappa shape index (κ2) is 7.79. The van der Waals surface area contributed by atoms with Gasteiger partial charge >= 0.3 is 6.03 Å². The largest absolute Gasteiger partial charge is 0.493 e. The molecule has 1 atom stereocenters. The highest BCUT2D eigenvalue weighted by atomic mass is 79.9. The maximum absolute atomic E-state index is 12.9. The van der Waals surface area contributed by atoms with Crippen molar-refractivity contribution < 1.29 is 19.1 Å². The van der Waals surface area contributed by atoms with Crippen molar-refractivity contribution in [3.8, 4) is 11.5 Å². The van der Waals surface area contributed by atoms with Crippen LogP contribution in [-0.2, 0) is 17.8 Å². The lowest BCUT2D eigenvalue weighted by molar-refractivity contribution is -0.127. The number of nitrogens with zero attached hydrogens (tertiary/aromatic N) is 1. The van der Waals surface area contributed by atoms with Crippen molar-refractivity contribution in [2.45, 2.75) is 19.0 Å². The van der Waals surface area contributed by atoms with Crippen LogP contribution < -0.4 is 14.8 Å². The highest BCUT2D eigenvalue weighted by Crippen LogP contribution is 2.34. The molecule has 0 saturated carbocycles. The van der Waals surface area contributed by atoms with Crippen LogP contribution in [0.2, 0.25) is 0 Å². The Morgan fingerprint density at radius 2 is 1.79 bits per heavy atom. The van der Waals surface area contributed by atoms with Crippen LogP contribution in [0.3, 0.4) is 0 Å². The summed E-state index contributed by atoms with van der Waals surface area (Å²) in [6, 6.07) is 10.4. The monoisotopic (exact) mass is 457 g/mol. The number of methoxy groups -OCH3 is 2. The first kappa shape index (κ1) is 19.3. The lowest BCUT2D eigenvalue weighted by atomic mass is 10.0. The Bertz CT molecular complexity index is 1090. The predicted octanol–water partition coefficient (Wildman–Crippen LogP) is 3.61. The van der Waals surface area contributed by atoms with E-state index in [4.69, 9.17) is 9.47 Å². The summed E-state index contributed by atoms with van der Waals surface area (Å²) in [7, 11) is 3.09. The number of aromatic amines is 1. The van der Waals surface area contributed by atoms with Gasteiger partial charge in [0.2, 0.25) is 0 Å². The molecule has 1 aromatic heterocycles. The highest BCUT2D eigenvalue weighted by Gasteiger charge is 2.38. The number of carbonyl (C=O) groups excluding carboxylic acids is 2. The number of H-pyrrole nitrogens is 1. The number of amides is 3. The standard InChI is InChI=1S/C21H20BrN3O4/c1-28-18-8-13(15(22)9-19(18)29-2)11-25-20(26)17(24-21(25)27)7-12-10-23-16-6-4-3-5-14(12)16/h3-6,8-10,17,23H,7,11H2,1-2H3,(H,24,27). The molecule has 0 bridgehead atoms. The second-order valence-electron chi connectivity index (χ2n) is 6.79. The molecular formula is C21H20BrN3O4. The minimum absolute atomic E-state index is 0.135. The summed E-state index contributed by atoms with van der Waals surface area (Å²) in [4.78, 5) is 29.9. The van der Waals surface area contributed by atoms with Gasteiger partial charge in [-0.05, 0) is 29.3 Å². The van der Waals surface area contributed by atoms with Crippen molar-refractivity contribution in [1.82, 2.24) is 15.2 Å². The van der Waals surface area contributed by atoms with Crippen LogP contribution in [-0.4, -0.2) is 42.1 Å². The SMILES string of the molecule is COc1cc(Br)c(CN2C(=O)NC(Cc3c[nH]c4ccccc34)C2=O)cc1OC. The third kappa shape index (κ3) is 3.55. The fraction of sp³-hybridized carbons (Fsp3) is 0.238. The lowest BCUT2D eigenvalue weighted by Crippen LogP contribution is -2.32. The number of halogens is 1. The van der Waals surface area contributed by atoms with Crippen LogP contribution in [0.4, 0.5) is 4.79 Å². The van der Waals surface area contributed by atoms with Crippen LogP contribution >= 0.6 is 15.9 Å². The lowest BCUT2D eigenvalue weighted by Gasteiger charge is -2.16. The van der Waals surface area contributed by atoms with Crippen molar-refractivity contribution in [3.05, 3.63) is 58.2 Å². The van der Waals surface area contributed by atoms with Crippen molar-refractivity contribution in [1.29, 1.82) is 0 Å². The molecule has 1 aliphatic rings. The number of aromatic nitrogens is 1. The van der Waals surface area contributed by atoms with Crippen molar-refractivity contribution in [2.75, 3.05) is 14.2 Å². The fourth-order valence-electron chi connectivity index (χ4n) is 3.57. The van der Waals surface area contributed by atoms with Crippen LogP contribution in [0.1, 0.15) is 11.1 Å². The van der Waals surface area contributed by atoms with Gasteiger partial charge in [0, 0.05) is 28.0 Å². The third-order valence-electron chi connectivity index (χ3n) is 5.09. The van der Waals surface area contributed by atoms with Crippen LogP contribution in [0, 0.1) is 0 Å². The number of carbonyl (C=O) groups is 2. The van der Waals surface area contributed by atoms with E-state index in [0.29, 0.717) is 17.9 Å². The molecule has 0 aliphatic carbocycles. The molecule has 8 heteroatoms. The minimum Gasteiger partial charge on any atom is -0.493 e. The zero-order chi connectivity index (χ0) is 20.5. The number of benzene rings is 2. The molecule has 1 fully saturated rings.